The highest BCUT2D eigenvalue weighted by molar-refractivity contribution is 9.10. The van der Waals surface area contributed by atoms with Crippen LogP contribution in [0.3, 0.4) is 0 Å². The Morgan fingerprint density at radius 2 is 2.29 bits per heavy atom. The third-order valence-electron chi connectivity index (χ3n) is 1.95. The maximum Gasteiger partial charge on any atom is 0.339 e. The van der Waals surface area contributed by atoms with Crippen LogP contribution < -0.4 is 0 Å². The number of aromatic nitrogens is 2. The van der Waals surface area contributed by atoms with E-state index >= 15 is 0 Å². The highest BCUT2D eigenvalue weighted by atomic mass is 79.9. The number of aromatic carboxylic acids is 1. The monoisotopic (exact) mass is 254 g/mol. The summed E-state index contributed by atoms with van der Waals surface area (Å²) >= 11 is 3.32. The zero-order valence-corrected chi connectivity index (χ0v) is 8.95. The smallest absolute Gasteiger partial charge is 0.339 e. The van der Waals surface area contributed by atoms with Crippen molar-refractivity contribution in [3.05, 3.63) is 34.1 Å². The van der Waals surface area contributed by atoms with Gasteiger partial charge in [0.1, 0.15) is 10.2 Å². The van der Waals surface area contributed by atoms with Gasteiger partial charge >= 0.3 is 5.97 Å². The summed E-state index contributed by atoms with van der Waals surface area (Å²) in [4.78, 5) is 10.8. The van der Waals surface area contributed by atoms with Gasteiger partial charge in [-0.05, 0) is 40.5 Å². The Morgan fingerprint density at radius 3 is 2.93 bits per heavy atom. The Bertz CT molecular complexity index is 519. The Balaban J connectivity index is 2.85. The average molecular weight is 255 g/mol. The fraction of sp³-hybridized carbons (Fsp3) is 0.111. The molecule has 14 heavy (non-hydrogen) atoms. The van der Waals surface area contributed by atoms with Crippen LogP contribution in [0.15, 0.2) is 22.9 Å². The summed E-state index contributed by atoms with van der Waals surface area (Å²) in [6.07, 6.45) is 1.35. The number of nitrogens with zero attached hydrogens (tertiary/aromatic N) is 2. The highest BCUT2D eigenvalue weighted by Gasteiger charge is 2.12. The summed E-state index contributed by atoms with van der Waals surface area (Å²) in [7, 11) is 0. The number of fused-ring (bicyclic) bond motifs is 1. The van der Waals surface area contributed by atoms with E-state index in [1.807, 2.05) is 13.0 Å². The highest BCUT2D eigenvalue weighted by Crippen LogP contribution is 2.19. The van der Waals surface area contributed by atoms with E-state index in [-0.39, 0.29) is 5.56 Å². The maximum atomic E-state index is 10.8. The molecule has 1 N–H and O–H groups in total. The Labute approximate surface area is 88.3 Å². The largest absolute Gasteiger partial charge is 0.478 e. The molecule has 0 aliphatic carbocycles. The first-order chi connectivity index (χ1) is 6.59. The van der Waals surface area contributed by atoms with E-state index < -0.39 is 5.97 Å². The van der Waals surface area contributed by atoms with Gasteiger partial charge in [-0.1, -0.05) is 0 Å². The molecule has 0 aromatic carbocycles. The van der Waals surface area contributed by atoms with Gasteiger partial charge in [0.05, 0.1) is 11.7 Å². The number of halogens is 1. The molecule has 0 spiro atoms. The first kappa shape index (κ1) is 9.21. The van der Waals surface area contributed by atoms with Crippen molar-refractivity contribution >= 4 is 27.4 Å². The van der Waals surface area contributed by atoms with Gasteiger partial charge in [0, 0.05) is 0 Å². The van der Waals surface area contributed by atoms with Crippen molar-refractivity contribution in [1.82, 2.24) is 9.61 Å². The molecule has 0 saturated heterocycles. The molecule has 2 aromatic rings. The van der Waals surface area contributed by atoms with E-state index in [1.165, 1.54) is 6.20 Å². The zero-order chi connectivity index (χ0) is 10.3. The number of hydrogen-bond donors (Lipinski definition) is 1. The Hall–Kier alpha value is -1.36. The van der Waals surface area contributed by atoms with E-state index in [0.717, 1.165) is 10.2 Å². The van der Waals surface area contributed by atoms with Crippen molar-refractivity contribution in [3.8, 4) is 0 Å². The second kappa shape index (κ2) is 3.09. The molecule has 0 atom stereocenters. The normalized spacial score (nSPS) is 10.7. The second-order valence-corrected chi connectivity index (χ2v) is 3.83. The number of carboxylic acids is 1. The van der Waals surface area contributed by atoms with Gasteiger partial charge in [0.2, 0.25) is 0 Å². The second-order valence-electron chi connectivity index (χ2n) is 3.02. The van der Waals surface area contributed by atoms with E-state index in [1.54, 1.807) is 10.6 Å². The van der Waals surface area contributed by atoms with Crippen LogP contribution in [0.4, 0.5) is 0 Å². The first-order valence-electron chi connectivity index (χ1n) is 3.97. The lowest BCUT2D eigenvalue weighted by atomic mass is 10.2. The predicted molar refractivity (Wildman–Crippen MR) is 54.6 cm³/mol. The lowest BCUT2D eigenvalue weighted by Crippen LogP contribution is -1.96. The van der Waals surface area contributed by atoms with Crippen molar-refractivity contribution in [2.45, 2.75) is 6.92 Å². The average Bonchev–Trinajstić information content (AvgIpc) is 2.47. The molecule has 2 aromatic heterocycles. The SMILES string of the molecule is Cc1cc(Br)n2ncc(C(=O)O)c2c1. The van der Waals surface area contributed by atoms with Crippen LogP contribution in [0.2, 0.25) is 0 Å². The van der Waals surface area contributed by atoms with E-state index in [0.29, 0.717) is 5.52 Å². The molecular formula is C9H7BrN2O2. The zero-order valence-electron chi connectivity index (χ0n) is 7.36. The van der Waals surface area contributed by atoms with E-state index in [9.17, 15) is 4.79 Å². The van der Waals surface area contributed by atoms with Crippen LogP contribution in [0.5, 0.6) is 0 Å². The maximum absolute atomic E-state index is 10.8. The van der Waals surface area contributed by atoms with Crippen molar-refractivity contribution in [2.24, 2.45) is 0 Å². The van der Waals surface area contributed by atoms with Crippen molar-refractivity contribution in [3.63, 3.8) is 0 Å². The fourth-order valence-corrected chi connectivity index (χ4v) is 1.98. The third-order valence-corrected chi connectivity index (χ3v) is 2.52. The summed E-state index contributed by atoms with van der Waals surface area (Å²) in [5, 5.41) is 12.9. The first-order valence-corrected chi connectivity index (χ1v) is 4.76. The minimum atomic E-state index is -0.961. The molecule has 0 amide bonds. The van der Waals surface area contributed by atoms with Gasteiger partial charge in [-0.3, -0.25) is 0 Å². The topological polar surface area (TPSA) is 54.6 Å². The molecule has 0 bridgehead atoms. The molecule has 2 rings (SSSR count). The van der Waals surface area contributed by atoms with E-state index in [4.69, 9.17) is 5.11 Å². The van der Waals surface area contributed by atoms with Crippen LogP contribution >= 0.6 is 15.9 Å². The summed E-state index contributed by atoms with van der Waals surface area (Å²) in [5.74, 6) is -0.961. The fourth-order valence-electron chi connectivity index (χ4n) is 1.34. The van der Waals surface area contributed by atoms with Gasteiger partial charge in [0.15, 0.2) is 0 Å². The van der Waals surface area contributed by atoms with Gasteiger partial charge in [-0.2, -0.15) is 5.10 Å². The van der Waals surface area contributed by atoms with Gasteiger partial charge < -0.3 is 5.11 Å². The standard InChI is InChI=1S/C9H7BrN2O2/c1-5-2-7-6(9(13)14)4-11-12(7)8(10)3-5/h2-4H,1H3,(H,13,14). The van der Waals surface area contributed by atoms with Gasteiger partial charge in [0.25, 0.3) is 0 Å². The molecule has 0 fully saturated rings. The van der Waals surface area contributed by atoms with E-state index in [2.05, 4.69) is 21.0 Å². The van der Waals surface area contributed by atoms with Crippen molar-refractivity contribution in [1.29, 1.82) is 0 Å². The molecule has 0 saturated carbocycles. The number of carboxylic acid groups (broad SMARTS) is 1. The van der Waals surface area contributed by atoms with Crippen molar-refractivity contribution < 1.29 is 9.90 Å². The summed E-state index contributed by atoms with van der Waals surface area (Å²) in [6, 6.07) is 3.67. The molecule has 0 radical (unpaired) electrons. The minimum Gasteiger partial charge on any atom is -0.478 e. The molecule has 0 aliphatic heterocycles. The lowest BCUT2D eigenvalue weighted by Gasteiger charge is -1.99. The Kier molecular flexibility index (Phi) is 2.03. The molecule has 0 unspecified atom stereocenters. The number of rotatable bonds is 1. The summed E-state index contributed by atoms with van der Waals surface area (Å²) in [6.45, 7) is 1.91. The van der Waals surface area contributed by atoms with Crippen LogP contribution in [-0.2, 0) is 0 Å². The predicted octanol–water partition coefficient (Wildman–Crippen LogP) is 2.10. The minimum absolute atomic E-state index is 0.217. The van der Waals surface area contributed by atoms with Crippen LogP contribution in [0, 0.1) is 6.92 Å². The Morgan fingerprint density at radius 1 is 1.57 bits per heavy atom. The van der Waals surface area contributed by atoms with Gasteiger partial charge in [-0.15, -0.1) is 0 Å². The molecule has 5 heteroatoms. The molecule has 0 aliphatic rings. The number of pyridine rings is 1. The van der Waals surface area contributed by atoms with Gasteiger partial charge in [-0.25, -0.2) is 9.31 Å². The molecule has 4 nitrogen and oxygen atoms in total. The number of hydrogen-bond acceptors (Lipinski definition) is 2. The molecular weight excluding hydrogens is 248 g/mol. The molecule has 2 heterocycles. The van der Waals surface area contributed by atoms with Crippen LogP contribution in [-0.4, -0.2) is 20.7 Å². The lowest BCUT2D eigenvalue weighted by molar-refractivity contribution is 0.0699. The number of aryl methyl sites for hydroxylation is 1. The van der Waals surface area contributed by atoms with Crippen LogP contribution in [0.25, 0.3) is 5.52 Å². The third kappa shape index (κ3) is 1.29. The molecule has 72 valence electrons. The van der Waals surface area contributed by atoms with Crippen LogP contribution in [0.1, 0.15) is 15.9 Å². The quantitative estimate of drug-likeness (QED) is 0.794. The van der Waals surface area contributed by atoms with Crippen molar-refractivity contribution in [2.75, 3.05) is 0 Å². The summed E-state index contributed by atoms with van der Waals surface area (Å²) in [5.41, 5.74) is 1.81. The summed E-state index contributed by atoms with van der Waals surface area (Å²) < 4.78 is 2.30. The number of carbonyl (C=O) groups is 1.